The van der Waals surface area contributed by atoms with E-state index in [0.717, 1.165) is 28.3 Å². The van der Waals surface area contributed by atoms with Crippen molar-refractivity contribution in [2.24, 2.45) is 0 Å². The summed E-state index contributed by atoms with van der Waals surface area (Å²) in [6.45, 7) is 0. The zero-order valence-electron chi connectivity index (χ0n) is 31.1. The lowest BCUT2D eigenvalue weighted by Gasteiger charge is -2.26. The molecule has 0 amide bonds. The van der Waals surface area contributed by atoms with Crippen molar-refractivity contribution >= 4 is 70.4 Å². The summed E-state index contributed by atoms with van der Waals surface area (Å²) in [4.78, 5) is 2.42. The van der Waals surface area contributed by atoms with E-state index in [4.69, 9.17) is 0 Å². The van der Waals surface area contributed by atoms with Crippen LogP contribution in [0.25, 0.3) is 81.0 Å². The van der Waals surface area contributed by atoms with E-state index >= 15 is 0 Å². The van der Waals surface area contributed by atoms with E-state index in [0.29, 0.717) is 0 Å². The van der Waals surface area contributed by atoms with Gasteiger partial charge in [-0.05, 0) is 100 Å². The van der Waals surface area contributed by atoms with Gasteiger partial charge in [-0.2, -0.15) is 0 Å². The maximum atomic E-state index is 2.44. The Labute approximate surface area is 335 Å². The minimum Gasteiger partial charge on any atom is -0.310 e. The fourth-order valence-electron chi connectivity index (χ4n) is 8.54. The Hall–Kier alpha value is -7.20. The molecular weight excluding hydrogens is 709 g/mol. The first kappa shape index (κ1) is 33.2. The lowest BCUT2D eigenvalue weighted by atomic mass is 9.96. The van der Waals surface area contributed by atoms with Gasteiger partial charge in [-0.3, -0.25) is 0 Å². The fourth-order valence-corrected chi connectivity index (χ4v) is 9.68. The molecular formula is C54H36N2S. The molecule has 3 heteroatoms. The van der Waals surface area contributed by atoms with Gasteiger partial charge in [0.2, 0.25) is 0 Å². The molecule has 11 rings (SSSR count). The highest BCUT2D eigenvalue weighted by molar-refractivity contribution is 7.25. The van der Waals surface area contributed by atoms with Crippen LogP contribution in [0.1, 0.15) is 0 Å². The first-order valence-electron chi connectivity index (χ1n) is 19.4. The number of thiophene rings is 1. The second kappa shape index (κ2) is 13.8. The maximum Gasteiger partial charge on any atom is 0.0562 e. The van der Waals surface area contributed by atoms with Crippen molar-refractivity contribution in [3.05, 3.63) is 218 Å². The highest BCUT2D eigenvalue weighted by Gasteiger charge is 2.21. The summed E-state index contributed by atoms with van der Waals surface area (Å²) in [5.41, 5.74) is 14.0. The van der Waals surface area contributed by atoms with Gasteiger partial charge in [0.1, 0.15) is 0 Å². The predicted molar refractivity (Wildman–Crippen MR) is 245 cm³/mol. The second-order valence-electron chi connectivity index (χ2n) is 14.5. The van der Waals surface area contributed by atoms with Crippen LogP contribution in [0.4, 0.5) is 17.1 Å². The molecule has 9 aromatic carbocycles. The average molecular weight is 745 g/mol. The molecule has 11 aromatic rings. The van der Waals surface area contributed by atoms with E-state index in [1.165, 1.54) is 69.8 Å². The van der Waals surface area contributed by atoms with Crippen molar-refractivity contribution in [1.29, 1.82) is 0 Å². The van der Waals surface area contributed by atoms with Crippen LogP contribution >= 0.6 is 11.3 Å². The summed E-state index contributed by atoms with van der Waals surface area (Å²) in [5.74, 6) is 0. The van der Waals surface area contributed by atoms with Crippen LogP contribution in [0.5, 0.6) is 0 Å². The topological polar surface area (TPSA) is 8.17 Å². The third-order valence-corrected chi connectivity index (χ3v) is 12.3. The quantitative estimate of drug-likeness (QED) is 0.158. The third kappa shape index (κ3) is 5.80. The summed E-state index contributed by atoms with van der Waals surface area (Å²) >= 11 is 1.86. The number of fused-ring (bicyclic) bond motifs is 6. The van der Waals surface area contributed by atoms with E-state index in [1.807, 2.05) is 11.3 Å². The van der Waals surface area contributed by atoms with Crippen LogP contribution in [0.2, 0.25) is 0 Å². The number of nitrogens with zero attached hydrogens (tertiary/aromatic N) is 2. The monoisotopic (exact) mass is 744 g/mol. The minimum atomic E-state index is 1.10. The number of aromatic nitrogens is 1. The number of para-hydroxylation sites is 1. The Bertz CT molecular complexity index is 3230. The molecule has 0 radical (unpaired) electrons. The summed E-state index contributed by atoms with van der Waals surface area (Å²) in [7, 11) is 0. The number of rotatable bonds is 7. The number of hydrogen-bond acceptors (Lipinski definition) is 2. The molecule has 0 saturated heterocycles. The molecule has 0 unspecified atom stereocenters. The maximum absolute atomic E-state index is 2.44. The van der Waals surface area contributed by atoms with Gasteiger partial charge in [0, 0.05) is 53.7 Å². The summed E-state index contributed by atoms with van der Waals surface area (Å²) < 4.78 is 5.02. The van der Waals surface area contributed by atoms with Crippen molar-refractivity contribution in [2.45, 2.75) is 0 Å². The van der Waals surface area contributed by atoms with Gasteiger partial charge < -0.3 is 9.47 Å². The molecule has 0 aliphatic heterocycles. The van der Waals surface area contributed by atoms with Gasteiger partial charge in [0.15, 0.2) is 0 Å². The highest BCUT2D eigenvalue weighted by Crippen LogP contribution is 2.45. The number of benzene rings is 9. The zero-order chi connectivity index (χ0) is 37.7. The molecule has 0 N–H and O–H groups in total. The lowest BCUT2D eigenvalue weighted by Crippen LogP contribution is -2.10. The van der Waals surface area contributed by atoms with Crippen molar-refractivity contribution in [3.8, 4) is 39.1 Å². The Morgan fingerprint density at radius 2 is 0.895 bits per heavy atom. The first-order chi connectivity index (χ1) is 28.3. The Morgan fingerprint density at radius 3 is 1.67 bits per heavy atom. The SMILES string of the molecule is c1ccc(-c2cccc(-c3cccc4c3c3ccc(N(c5cccc(-c6ccccc6)c5)c5ccc6c(c5)sc5ccccc56)cc3n4-c3ccccc3)c2)cc1. The van der Waals surface area contributed by atoms with E-state index in [1.54, 1.807) is 0 Å². The Morgan fingerprint density at radius 1 is 0.333 bits per heavy atom. The summed E-state index contributed by atoms with van der Waals surface area (Å²) in [6, 6.07) is 79.4. The molecule has 2 heterocycles. The Balaban J connectivity index is 1.15. The van der Waals surface area contributed by atoms with Crippen molar-refractivity contribution in [3.63, 3.8) is 0 Å². The number of anilines is 3. The minimum absolute atomic E-state index is 1.10. The van der Waals surface area contributed by atoms with Crippen molar-refractivity contribution in [2.75, 3.05) is 4.90 Å². The van der Waals surface area contributed by atoms with Gasteiger partial charge in [-0.25, -0.2) is 0 Å². The van der Waals surface area contributed by atoms with Gasteiger partial charge >= 0.3 is 0 Å². The van der Waals surface area contributed by atoms with Crippen LogP contribution in [-0.4, -0.2) is 4.57 Å². The van der Waals surface area contributed by atoms with Crippen LogP contribution in [0.3, 0.4) is 0 Å². The summed E-state index contributed by atoms with van der Waals surface area (Å²) in [5, 5.41) is 5.06. The number of hydrogen-bond donors (Lipinski definition) is 0. The Kier molecular flexibility index (Phi) is 8.04. The third-order valence-electron chi connectivity index (χ3n) is 11.2. The van der Waals surface area contributed by atoms with Crippen LogP contribution in [0, 0.1) is 0 Å². The van der Waals surface area contributed by atoms with Crippen LogP contribution in [-0.2, 0) is 0 Å². The standard InChI is InChI=1S/C54H36N2S/c1-4-15-37(16-5-1)39-19-12-21-41(33-39)46-26-14-27-50-54(46)49-32-30-44(35-51(49)56(50)42-22-8-3-9-23-42)55(43-24-13-20-40(34-43)38-17-6-2-7-18-38)45-29-31-48-47-25-10-11-28-52(47)57-53(48)36-45/h1-36H. The highest BCUT2D eigenvalue weighted by atomic mass is 32.1. The molecule has 57 heavy (non-hydrogen) atoms. The predicted octanol–water partition coefficient (Wildman–Crippen LogP) is 15.6. The first-order valence-corrected chi connectivity index (χ1v) is 20.2. The molecule has 0 aliphatic rings. The summed E-state index contributed by atoms with van der Waals surface area (Å²) in [6.07, 6.45) is 0. The second-order valence-corrected chi connectivity index (χ2v) is 15.6. The molecule has 0 bridgehead atoms. The van der Waals surface area contributed by atoms with Crippen molar-refractivity contribution in [1.82, 2.24) is 4.57 Å². The fraction of sp³-hybridized carbons (Fsp3) is 0. The lowest BCUT2D eigenvalue weighted by molar-refractivity contribution is 1.18. The molecule has 2 aromatic heterocycles. The van der Waals surface area contributed by atoms with Gasteiger partial charge in [-0.15, -0.1) is 11.3 Å². The smallest absolute Gasteiger partial charge is 0.0562 e. The van der Waals surface area contributed by atoms with Gasteiger partial charge in [-0.1, -0.05) is 152 Å². The molecule has 268 valence electrons. The van der Waals surface area contributed by atoms with E-state index in [9.17, 15) is 0 Å². The van der Waals surface area contributed by atoms with Gasteiger partial charge in [0.25, 0.3) is 0 Å². The molecule has 0 aliphatic carbocycles. The van der Waals surface area contributed by atoms with E-state index < -0.39 is 0 Å². The van der Waals surface area contributed by atoms with Gasteiger partial charge in [0.05, 0.1) is 11.0 Å². The largest absolute Gasteiger partial charge is 0.310 e. The average Bonchev–Trinajstić information content (AvgIpc) is 3.83. The van der Waals surface area contributed by atoms with E-state index in [-0.39, 0.29) is 0 Å². The zero-order valence-corrected chi connectivity index (χ0v) is 31.9. The van der Waals surface area contributed by atoms with Crippen LogP contribution in [0.15, 0.2) is 218 Å². The van der Waals surface area contributed by atoms with Crippen LogP contribution < -0.4 is 4.90 Å². The molecule has 0 saturated carbocycles. The van der Waals surface area contributed by atoms with E-state index in [2.05, 4.69) is 228 Å². The normalized spacial score (nSPS) is 11.5. The molecule has 0 spiro atoms. The molecule has 0 fully saturated rings. The molecule has 0 atom stereocenters. The molecule has 2 nitrogen and oxygen atoms in total. The van der Waals surface area contributed by atoms with Crippen molar-refractivity contribution < 1.29 is 0 Å².